The number of hydrogen-bond donors (Lipinski definition) is 2. The Morgan fingerprint density at radius 1 is 1.28 bits per heavy atom. The third kappa shape index (κ3) is 8.94. The topological polar surface area (TPSA) is 66.0 Å². The maximum atomic E-state index is 11.4. The van der Waals surface area contributed by atoms with E-state index in [0.29, 0.717) is 12.5 Å². The van der Waals surface area contributed by atoms with Crippen molar-refractivity contribution in [1.82, 2.24) is 10.6 Å². The first-order valence-corrected chi connectivity index (χ1v) is 8.44. The molecule has 142 valence electrons. The second-order valence-electron chi connectivity index (χ2n) is 5.57. The fourth-order valence-corrected chi connectivity index (χ4v) is 2.34. The minimum absolute atomic E-state index is 0. The Kier molecular flexibility index (Phi) is 12.9. The van der Waals surface area contributed by atoms with Crippen LogP contribution < -0.4 is 15.5 Å². The minimum Gasteiger partial charge on any atom is -0.469 e. The van der Waals surface area contributed by atoms with Gasteiger partial charge in [-0.1, -0.05) is 25.1 Å². The highest BCUT2D eigenvalue weighted by Gasteiger charge is 2.13. The zero-order chi connectivity index (χ0) is 17.8. The monoisotopic (exact) mass is 462 g/mol. The number of hydrogen-bond acceptors (Lipinski definition) is 4. The number of para-hydroxylation sites is 1. The number of carbonyl (C=O) groups excluding carboxylic acids is 1. The number of nitrogens with zero attached hydrogens (tertiary/aromatic N) is 2. The van der Waals surface area contributed by atoms with Gasteiger partial charge in [0.15, 0.2) is 5.96 Å². The Balaban J connectivity index is 0.00000576. The van der Waals surface area contributed by atoms with E-state index in [1.807, 2.05) is 13.0 Å². The van der Waals surface area contributed by atoms with E-state index in [-0.39, 0.29) is 35.9 Å². The molecule has 0 amide bonds. The molecule has 6 nitrogen and oxygen atoms in total. The maximum absolute atomic E-state index is 11.4. The molecule has 0 saturated carbocycles. The highest BCUT2D eigenvalue weighted by molar-refractivity contribution is 14.0. The summed E-state index contributed by atoms with van der Waals surface area (Å²) in [5.41, 5.74) is 1.24. The zero-order valence-corrected chi connectivity index (χ0v) is 17.9. The first kappa shape index (κ1) is 23.5. The summed E-state index contributed by atoms with van der Waals surface area (Å²) < 4.78 is 4.71. The van der Waals surface area contributed by atoms with Crippen molar-refractivity contribution in [2.45, 2.75) is 20.3 Å². The van der Waals surface area contributed by atoms with Gasteiger partial charge in [-0.05, 0) is 25.5 Å². The molecule has 0 aliphatic heterocycles. The molecule has 0 fully saturated rings. The Hall–Kier alpha value is -1.51. The van der Waals surface area contributed by atoms with Crippen LogP contribution in [0, 0.1) is 5.92 Å². The molecule has 1 unspecified atom stereocenters. The van der Waals surface area contributed by atoms with E-state index in [9.17, 15) is 4.79 Å². The highest BCUT2D eigenvalue weighted by Crippen LogP contribution is 2.12. The van der Waals surface area contributed by atoms with Crippen LogP contribution in [0.15, 0.2) is 35.3 Å². The van der Waals surface area contributed by atoms with Crippen LogP contribution in [0.2, 0.25) is 0 Å². The van der Waals surface area contributed by atoms with Gasteiger partial charge in [-0.15, -0.1) is 24.0 Å². The number of ether oxygens (including phenoxy) is 1. The van der Waals surface area contributed by atoms with E-state index in [4.69, 9.17) is 4.74 Å². The minimum atomic E-state index is -0.223. The highest BCUT2D eigenvalue weighted by atomic mass is 127. The average Bonchev–Trinajstić information content (AvgIpc) is 2.63. The molecular weight excluding hydrogens is 431 g/mol. The number of halogens is 1. The van der Waals surface area contributed by atoms with Crippen LogP contribution in [0.25, 0.3) is 0 Å². The second kappa shape index (κ2) is 13.7. The van der Waals surface area contributed by atoms with Gasteiger partial charge in [0.25, 0.3) is 0 Å². The maximum Gasteiger partial charge on any atom is 0.310 e. The van der Waals surface area contributed by atoms with Gasteiger partial charge in [0.05, 0.1) is 13.0 Å². The molecule has 0 aliphatic carbocycles. The predicted octanol–water partition coefficient (Wildman–Crippen LogP) is 2.50. The molecule has 0 aromatic heterocycles. The van der Waals surface area contributed by atoms with E-state index in [1.54, 1.807) is 7.05 Å². The standard InChI is InChI=1S/C18H30N4O2.HI/c1-5-22(16-10-7-6-8-11-16)13-9-12-20-18(19-3)21-14-15(2)17(23)24-4;/h6-8,10-11,15H,5,9,12-14H2,1-4H3,(H2,19,20,21);1H. The molecule has 25 heavy (non-hydrogen) atoms. The number of rotatable bonds is 9. The Bertz CT molecular complexity index is 511. The molecule has 1 aromatic carbocycles. The number of anilines is 1. The van der Waals surface area contributed by atoms with E-state index >= 15 is 0 Å². The van der Waals surface area contributed by atoms with Gasteiger partial charge in [-0.3, -0.25) is 9.79 Å². The van der Waals surface area contributed by atoms with Gasteiger partial charge in [-0.2, -0.15) is 0 Å². The molecule has 1 rings (SSSR count). The van der Waals surface area contributed by atoms with Crippen molar-refractivity contribution in [3.05, 3.63) is 30.3 Å². The fraction of sp³-hybridized carbons (Fsp3) is 0.556. The number of carbonyl (C=O) groups is 1. The number of nitrogens with one attached hydrogen (secondary N) is 2. The van der Waals surface area contributed by atoms with E-state index < -0.39 is 0 Å². The molecular formula is C18H31IN4O2. The summed E-state index contributed by atoms with van der Waals surface area (Å²) >= 11 is 0. The van der Waals surface area contributed by atoms with Crippen LogP contribution in [-0.4, -0.2) is 52.3 Å². The SMILES string of the molecule is CCN(CCCNC(=NC)NCC(C)C(=O)OC)c1ccccc1.I. The summed E-state index contributed by atoms with van der Waals surface area (Å²) in [7, 11) is 3.12. The van der Waals surface area contributed by atoms with Crippen molar-refractivity contribution in [3.8, 4) is 0 Å². The largest absolute Gasteiger partial charge is 0.469 e. The lowest BCUT2D eigenvalue weighted by molar-refractivity contribution is -0.144. The van der Waals surface area contributed by atoms with Crippen molar-refractivity contribution in [1.29, 1.82) is 0 Å². The summed E-state index contributed by atoms with van der Waals surface area (Å²) in [6.45, 7) is 7.25. The van der Waals surface area contributed by atoms with Crippen LogP contribution in [0.4, 0.5) is 5.69 Å². The Labute approximate surface area is 168 Å². The van der Waals surface area contributed by atoms with Crippen LogP contribution in [0.5, 0.6) is 0 Å². The van der Waals surface area contributed by atoms with Gasteiger partial charge < -0.3 is 20.3 Å². The first-order chi connectivity index (χ1) is 11.6. The first-order valence-electron chi connectivity index (χ1n) is 8.44. The average molecular weight is 462 g/mol. The van der Waals surface area contributed by atoms with Crippen molar-refractivity contribution in [2.24, 2.45) is 10.9 Å². The van der Waals surface area contributed by atoms with Gasteiger partial charge in [0.2, 0.25) is 0 Å². The van der Waals surface area contributed by atoms with Crippen molar-refractivity contribution < 1.29 is 9.53 Å². The lowest BCUT2D eigenvalue weighted by Crippen LogP contribution is -2.41. The summed E-state index contributed by atoms with van der Waals surface area (Å²) in [5, 5.41) is 6.42. The Morgan fingerprint density at radius 3 is 2.52 bits per heavy atom. The fourth-order valence-electron chi connectivity index (χ4n) is 2.34. The quantitative estimate of drug-likeness (QED) is 0.194. The van der Waals surface area contributed by atoms with E-state index in [0.717, 1.165) is 26.1 Å². The van der Waals surface area contributed by atoms with Crippen LogP contribution in [0.1, 0.15) is 20.3 Å². The van der Waals surface area contributed by atoms with Crippen LogP contribution >= 0.6 is 24.0 Å². The van der Waals surface area contributed by atoms with Crippen molar-refractivity contribution >= 4 is 41.6 Å². The molecule has 1 aromatic rings. The predicted molar refractivity (Wildman–Crippen MR) is 115 cm³/mol. The van der Waals surface area contributed by atoms with E-state index in [2.05, 4.69) is 51.7 Å². The molecule has 0 aliphatic rings. The van der Waals surface area contributed by atoms with Crippen LogP contribution in [0.3, 0.4) is 0 Å². The summed E-state index contributed by atoms with van der Waals surface area (Å²) in [6.07, 6.45) is 0.996. The molecule has 0 bridgehead atoms. The lowest BCUT2D eigenvalue weighted by atomic mass is 10.2. The summed E-state index contributed by atoms with van der Waals surface area (Å²) in [4.78, 5) is 17.9. The number of guanidine groups is 1. The second-order valence-corrected chi connectivity index (χ2v) is 5.57. The number of benzene rings is 1. The van der Waals surface area contributed by atoms with Gasteiger partial charge >= 0.3 is 5.97 Å². The molecule has 0 radical (unpaired) electrons. The third-order valence-electron chi connectivity index (χ3n) is 3.80. The molecule has 7 heteroatoms. The van der Waals surface area contributed by atoms with Gasteiger partial charge in [0.1, 0.15) is 0 Å². The zero-order valence-electron chi connectivity index (χ0n) is 15.6. The van der Waals surface area contributed by atoms with Crippen molar-refractivity contribution in [3.63, 3.8) is 0 Å². The molecule has 0 heterocycles. The third-order valence-corrected chi connectivity index (χ3v) is 3.80. The summed E-state index contributed by atoms with van der Waals surface area (Å²) in [5.74, 6) is 0.273. The number of aliphatic imine (C=N–C) groups is 1. The molecule has 0 spiro atoms. The van der Waals surface area contributed by atoms with E-state index in [1.165, 1.54) is 12.8 Å². The van der Waals surface area contributed by atoms with Crippen molar-refractivity contribution in [2.75, 3.05) is 45.2 Å². The number of esters is 1. The summed E-state index contributed by atoms with van der Waals surface area (Å²) in [6, 6.07) is 10.4. The lowest BCUT2D eigenvalue weighted by Gasteiger charge is -2.23. The smallest absolute Gasteiger partial charge is 0.310 e. The molecule has 0 saturated heterocycles. The molecule has 2 N–H and O–H groups in total. The normalized spacial score (nSPS) is 11.9. The van der Waals surface area contributed by atoms with Gasteiger partial charge in [-0.25, -0.2) is 0 Å². The van der Waals surface area contributed by atoms with Crippen LogP contribution in [-0.2, 0) is 9.53 Å². The Morgan fingerprint density at radius 2 is 1.96 bits per heavy atom. The molecule has 1 atom stereocenters. The number of methoxy groups -OCH3 is 1. The van der Waals surface area contributed by atoms with Gasteiger partial charge in [0, 0.05) is 38.9 Å².